The molecule has 1 atom stereocenters. The third-order valence-electron chi connectivity index (χ3n) is 7.60. The van der Waals surface area contributed by atoms with Crippen molar-refractivity contribution in [2.24, 2.45) is 0 Å². The molecule has 0 saturated carbocycles. The van der Waals surface area contributed by atoms with E-state index in [4.69, 9.17) is 4.74 Å². The number of esters is 1. The van der Waals surface area contributed by atoms with Gasteiger partial charge >= 0.3 is 5.97 Å². The van der Waals surface area contributed by atoms with Gasteiger partial charge < -0.3 is 20.7 Å². The minimum absolute atomic E-state index is 0.0928. The van der Waals surface area contributed by atoms with Crippen LogP contribution in [0.2, 0.25) is 0 Å². The van der Waals surface area contributed by atoms with Crippen LogP contribution in [0.4, 0.5) is 11.4 Å². The molecule has 0 spiro atoms. The molecule has 0 aliphatic rings. The minimum atomic E-state index is -0.484. The maximum Gasteiger partial charge on any atom is 0.338 e. The van der Waals surface area contributed by atoms with E-state index in [9.17, 15) is 19.2 Å². The lowest BCUT2D eigenvalue weighted by atomic mass is 10.0. The molecular weight excluding hydrogens is 635 g/mol. The Morgan fingerprint density at radius 2 is 1.49 bits per heavy atom. The summed E-state index contributed by atoms with van der Waals surface area (Å²) in [5, 5.41) is 8.20. The van der Waals surface area contributed by atoms with E-state index in [-0.39, 0.29) is 17.6 Å². The van der Waals surface area contributed by atoms with Crippen molar-refractivity contribution in [3.8, 4) is 0 Å². The van der Waals surface area contributed by atoms with E-state index in [2.05, 4.69) is 29.8 Å². The zero-order valence-corrected chi connectivity index (χ0v) is 29.1. The van der Waals surface area contributed by atoms with Crippen molar-refractivity contribution in [3.63, 3.8) is 0 Å². The summed E-state index contributed by atoms with van der Waals surface area (Å²) in [6, 6.07) is 30.4. The normalized spacial score (nSPS) is 11.8. The molecule has 0 bridgehead atoms. The van der Waals surface area contributed by atoms with E-state index in [0.717, 1.165) is 23.3 Å². The number of nitrogens with one attached hydrogen (secondary N) is 3. The highest BCUT2D eigenvalue weighted by Gasteiger charge is 2.20. The number of anilines is 2. The Labute approximate surface area is 292 Å². The fourth-order valence-electron chi connectivity index (χ4n) is 4.72. The molecule has 1 unspecified atom stereocenters. The van der Waals surface area contributed by atoms with Gasteiger partial charge in [0.1, 0.15) is 5.70 Å². The Morgan fingerprint density at radius 3 is 2.14 bits per heavy atom. The maximum atomic E-state index is 13.6. The number of amides is 3. The molecule has 3 N–H and O–H groups in total. The largest absolute Gasteiger partial charge is 0.462 e. The summed E-state index contributed by atoms with van der Waals surface area (Å²) in [5.41, 5.74) is 3.98. The van der Waals surface area contributed by atoms with E-state index < -0.39 is 17.1 Å². The summed E-state index contributed by atoms with van der Waals surface area (Å²) in [4.78, 5) is 52.8. The monoisotopic (exact) mass is 677 g/mol. The van der Waals surface area contributed by atoms with Crippen molar-refractivity contribution in [2.75, 3.05) is 17.2 Å². The summed E-state index contributed by atoms with van der Waals surface area (Å²) in [7, 11) is 0. The van der Waals surface area contributed by atoms with Crippen molar-refractivity contribution in [3.05, 3.63) is 131 Å². The second-order valence-corrected chi connectivity index (χ2v) is 13.0. The molecule has 0 saturated heterocycles. The van der Waals surface area contributed by atoms with Crippen LogP contribution in [0.1, 0.15) is 84.7 Å². The van der Waals surface area contributed by atoms with Gasteiger partial charge in [0.15, 0.2) is 0 Å². The summed E-state index contributed by atoms with van der Waals surface area (Å²) in [6.07, 6.45) is 3.96. The molecule has 49 heavy (non-hydrogen) atoms. The van der Waals surface area contributed by atoms with Crippen LogP contribution in [0, 0.1) is 0 Å². The minimum Gasteiger partial charge on any atom is -0.462 e. The van der Waals surface area contributed by atoms with Crippen LogP contribution in [0.25, 0.3) is 6.08 Å². The molecule has 8 nitrogen and oxygen atoms in total. The fourth-order valence-corrected chi connectivity index (χ4v) is 5.74. The molecule has 254 valence electrons. The molecule has 0 aromatic heterocycles. The molecule has 4 aromatic rings. The van der Waals surface area contributed by atoms with Crippen LogP contribution < -0.4 is 16.0 Å². The lowest BCUT2D eigenvalue weighted by Crippen LogP contribution is -2.30. The van der Waals surface area contributed by atoms with Crippen molar-refractivity contribution >= 4 is 52.9 Å². The molecule has 0 radical (unpaired) electrons. The summed E-state index contributed by atoms with van der Waals surface area (Å²) < 4.78 is 5.25. The lowest BCUT2D eigenvalue weighted by Gasteiger charge is -2.16. The Morgan fingerprint density at radius 1 is 0.776 bits per heavy atom. The highest BCUT2D eigenvalue weighted by atomic mass is 32.2. The van der Waals surface area contributed by atoms with Crippen LogP contribution in [0.15, 0.2) is 114 Å². The van der Waals surface area contributed by atoms with Gasteiger partial charge in [0.2, 0.25) is 5.91 Å². The average molecular weight is 678 g/mol. The first-order valence-corrected chi connectivity index (χ1v) is 17.4. The average Bonchev–Trinajstić information content (AvgIpc) is 3.11. The van der Waals surface area contributed by atoms with Gasteiger partial charge in [-0.2, -0.15) is 0 Å². The van der Waals surface area contributed by atoms with Gasteiger partial charge in [-0.05, 0) is 90.6 Å². The zero-order chi connectivity index (χ0) is 35.2. The second-order valence-electron chi connectivity index (χ2n) is 11.8. The molecule has 0 heterocycles. The molecule has 4 aromatic carbocycles. The lowest BCUT2D eigenvalue weighted by molar-refractivity contribution is -0.116. The topological polar surface area (TPSA) is 114 Å². The molecule has 3 amide bonds. The molecule has 4 rings (SSSR count). The summed E-state index contributed by atoms with van der Waals surface area (Å²) in [5.74, 6) is -1.09. The second kappa shape index (κ2) is 18.4. The van der Waals surface area contributed by atoms with Crippen molar-refractivity contribution in [1.29, 1.82) is 0 Å². The summed E-state index contributed by atoms with van der Waals surface area (Å²) >= 11 is 1.38. The van der Waals surface area contributed by atoms with Crippen LogP contribution in [-0.4, -0.2) is 35.5 Å². The number of hydrogen-bond donors (Lipinski definition) is 3. The molecule has 0 aliphatic carbocycles. The van der Waals surface area contributed by atoms with Gasteiger partial charge in [-0.15, -0.1) is 11.8 Å². The number of unbranched alkanes of at least 4 members (excludes halogenated alkanes) is 1. The van der Waals surface area contributed by atoms with E-state index in [1.165, 1.54) is 17.3 Å². The van der Waals surface area contributed by atoms with E-state index in [0.29, 0.717) is 41.4 Å². The van der Waals surface area contributed by atoms with Gasteiger partial charge in [-0.3, -0.25) is 14.4 Å². The number of thioether (sulfide) groups is 1. The SMILES string of the molecule is CCCCOC(=O)c1ccc(NC(=O)C(CC)Sc2cccc(NC(=O)/C(=C\c3ccc(C(C)C)cc3)NC(=O)c3ccccc3)c2)cc1. The third-order valence-corrected chi connectivity index (χ3v) is 8.95. The van der Waals surface area contributed by atoms with E-state index >= 15 is 0 Å². The molecule has 9 heteroatoms. The van der Waals surface area contributed by atoms with E-state index in [1.54, 1.807) is 72.8 Å². The number of rotatable bonds is 15. The Hall–Kier alpha value is -5.15. The molecular formula is C40H43N3O5S. The Bertz CT molecular complexity index is 1750. The highest BCUT2D eigenvalue weighted by Crippen LogP contribution is 2.29. The number of carbonyl (C=O) groups is 4. The highest BCUT2D eigenvalue weighted by molar-refractivity contribution is 8.00. The first kappa shape index (κ1) is 36.7. The summed E-state index contributed by atoms with van der Waals surface area (Å²) in [6.45, 7) is 8.56. The standard InChI is InChI=1S/C40H43N3O5S/c1-5-7-24-48-40(47)31-20-22-32(23-21-31)41-39(46)36(6-2)49-34-15-11-14-33(26-34)42-38(45)35(43-37(44)30-12-9-8-10-13-30)25-28-16-18-29(19-17-28)27(3)4/h8-23,25-27,36H,5-7,24H2,1-4H3,(H,41,46)(H,42,45)(H,43,44)/b35-25+. The number of carbonyl (C=O) groups excluding carboxylic acids is 4. The van der Waals surface area contributed by atoms with Crippen molar-refractivity contribution < 1.29 is 23.9 Å². The van der Waals surface area contributed by atoms with Gasteiger partial charge in [-0.25, -0.2) is 4.79 Å². The zero-order valence-electron chi connectivity index (χ0n) is 28.3. The van der Waals surface area contributed by atoms with Gasteiger partial charge in [0.25, 0.3) is 11.8 Å². The third kappa shape index (κ3) is 11.2. The number of benzene rings is 4. The van der Waals surface area contributed by atoms with Crippen LogP contribution in [0.3, 0.4) is 0 Å². The van der Waals surface area contributed by atoms with Gasteiger partial charge in [0, 0.05) is 21.8 Å². The predicted octanol–water partition coefficient (Wildman–Crippen LogP) is 8.69. The quantitative estimate of drug-likeness (QED) is 0.0502. The smallest absolute Gasteiger partial charge is 0.338 e. The Kier molecular flexibility index (Phi) is 13.8. The van der Waals surface area contributed by atoms with Crippen molar-refractivity contribution in [1.82, 2.24) is 5.32 Å². The molecule has 0 aliphatic heterocycles. The van der Waals surface area contributed by atoms with Crippen LogP contribution in [-0.2, 0) is 14.3 Å². The molecule has 0 fully saturated rings. The predicted molar refractivity (Wildman–Crippen MR) is 198 cm³/mol. The Balaban J connectivity index is 1.44. The van der Waals surface area contributed by atoms with Crippen molar-refractivity contribution in [2.45, 2.75) is 63.0 Å². The van der Waals surface area contributed by atoms with Gasteiger partial charge in [0.05, 0.1) is 17.4 Å². The number of hydrogen-bond acceptors (Lipinski definition) is 6. The van der Waals surface area contributed by atoms with Crippen LogP contribution >= 0.6 is 11.8 Å². The maximum absolute atomic E-state index is 13.6. The first-order valence-electron chi connectivity index (χ1n) is 16.5. The van der Waals surface area contributed by atoms with Gasteiger partial charge in [-0.1, -0.05) is 82.6 Å². The first-order chi connectivity index (χ1) is 23.7. The number of ether oxygens (including phenoxy) is 1. The van der Waals surface area contributed by atoms with Crippen LogP contribution in [0.5, 0.6) is 0 Å². The van der Waals surface area contributed by atoms with E-state index in [1.807, 2.05) is 50.2 Å². The fraction of sp³-hybridized carbons (Fsp3) is 0.250.